The molecule has 512 valence electrons. The number of guanidine groups is 1. The number of nitrogens with two attached hydrogens (primary N) is 3. The smallest absolute Gasteiger partial charge is 0.329 e. The van der Waals surface area contributed by atoms with E-state index >= 15 is 0 Å². The van der Waals surface area contributed by atoms with Gasteiger partial charge in [-0.05, 0) is 86.8 Å². The topological polar surface area (TPSA) is 426 Å². The maximum absolute atomic E-state index is 14.5. The van der Waals surface area contributed by atoms with E-state index in [4.69, 9.17) is 26.7 Å². The standard InChI is InChI=1S/C65H106N10O16/c1-13-35(6)46(32-49(78)47(25-26-53(66)82)70-60(85)43(33-76)30-51(80)54(36(7)14-2)72-59(84)42(17-5)29-41-21-23-45(90-12)24-22-41)62(87)73-55(37(8)15-3)52(81)31-44(34-77)61(86)75-57-40(11)91-64(89)56(38(9)16-4)74-63(88)48(20-18-19-27-69-65(67)68)71-58(83)39(10)28-50(57)79/h21-24,35-40,42-44,46-48,54-57,76-77H,13-20,25-34H2,1-12H3,(H2,66,82)(H,70,85)(H,71,83)(H,72,84)(H,73,87)(H,74,88)(H,75,86)(H4,67,68,69)/t35-,36-,37-,38-,39+,40-,42+,43-,44-,46+,47+,48-,54-,55-,56-,57+/m0/s1. The monoisotopic (exact) mass is 1280 g/mol. The van der Waals surface area contributed by atoms with Crippen molar-refractivity contribution >= 4 is 76.4 Å². The van der Waals surface area contributed by atoms with E-state index in [1.165, 1.54) is 13.8 Å². The molecule has 0 spiro atoms. The summed E-state index contributed by atoms with van der Waals surface area (Å²) in [6, 6.07) is -0.450. The van der Waals surface area contributed by atoms with E-state index in [1.54, 1.807) is 67.7 Å². The molecular weight excluding hydrogens is 1180 g/mol. The van der Waals surface area contributed by atoms with E-state index in [-0.39, 0.29) is 43.6 Å². The van der Waals surface area contributed by atoms with Crippen LogP contribution >= 0.6 is 0 Å². The Morgan fingerprint density at radius 3 is 1.73 bits per heavy atom. The number of benzene rings is 1. The Hall–Kier alpha value is -7.35. The molecule has 1 heterocycles. The van der Waals surface area contributed by atoms with Gasteiger partial charge in [0.1, 0.15) is 30.0 Å². The van der Waals surface area contributed by atoms with Crippen LogP contribution in [-0.4, -0.2) is 156 Å². The van der Waals surface area contributed by atoms with Gasteiger partial charge in [0.25, 0.3) is 0 Å². The summed E-state index contributed by atoms with van der Waals surface area (Å²) in [6.07, 6.45) is -0.872. The van der Waals surface area contributed by atoms with Crippen molar-refractivity contribution in [2.75, 3.05) is 26.9 Å². The van der Waals surface area contributed by atoms with Crippen LogP contribution in [0.1, 0.15) is 172 Å². The molecule has 14 N–H and O–H groups in total. The minimum absolute atomic E-state index is 0.107. The number of aliphatic hydroxyl groups is 2. The lowest BCUT2D eigenvalue weighted by molar-refractivity contribution is -0.157. The number of nitrogens with one attached hydrogen (secondary N) is 6. The second-order valence-electron chi connectivity index (χ2n) is 24.7. The summed E-state index contributed by atoms with van der Waals surface area (Å²) in [5.41, 5.74) is 17.3. The van der Waals surface area contributed by atoms with E-state index in [0.29, 0.717) is 57.1 Å². The van der Waals surface area contributed by atoms with Crippen LogP contribution in [-0.2, 0) is 68.7 Å². The number of carbonyl (C=O) groups is 12. The molecule has 26 nitrogen and oxygen atoms in total. The quantitative estimate of drug-likeness (QED) is 0.0195. The van der Waals surface area contributed by atoms with Crippen molar-refractivity contribution in [2.24, 2.45) is 75.5 Å². The number of aliphatic hydroxyl groups excluding tert-OH is 2. The number of cyclic esters (lactones) is 1. The van der Waals surface area contributed by atoms with Crippen LogP contribution in [0.2, 0.25) is 0 Å². The number of ether oxygens (including phenoxy) is 2. The van der Waals surface area contributed by atoms with Crippen LogP contribution in [0, 0.1) is 53.3 Å². The molecule has 7 amide bonds. The summed E-state index contributed by atoms with van der Waals surface area (Å²) < 4.78 is 11.0. The lowest BCUT2D eigenvalue weighted by atomic mass is 9.83. The highest BCUT2D eigenvalue weighted by atomic mass is 16.5. The molecule has 1 aromatic rings. The molecule has 1 aliphatic rings. The minimum Gasteiger partial charge on any atom is -0.497 e. The van der Waals surface area contributed by atoms with Crippen LogP contribution in [0.4, 0.5) is 0 Å². The fraction of sp³-hybridized carbons (Fsp3) is 0.708. The SMILES string of the molecule is CC[C@H](Cc1ccc(OC)cc1)C(=O)N[C@H](C(=O)C[C@@H](CO)C(=O)N[C@H](CCC(N)=O)C(=O)C[C@@H](C(=O)N[C@H](C(=O)C[C@@H](CO)C(=O)N[C@H]1C(=O)C[C@@H](C)C(=O)N[C@@H](CCCCN=C(N)N)C(=O)N[C@@H]([C@@H](C)CC)C(=O)O[C@H]1C)[C@@H](C)CC)[C@@H](C)CC)[C@@H](C)CC. The van der Waals surface area contributed by atoms with Gasteiger partial charge in [0.05, 0.1) is 50.3 Å². The van der Waals surface area contributed by atoms with E-state index in [0.717, 1.165) is 5.56 Å². The number of rotatable bonds is 39. The average molecular weight is 1280 g/mol. The van der Waals surface area contributed by atoms with Gasteiger partial charge < -0.3 is 68.8 Å². The Morgan fingerprint density at radius 2 is 1.22 bits per heavy atom. The molecule has 1 aromatic carbocycles. The number of carbonyl (C=O) groups excluding carboxylic acids is 12. The van der Waals surface area contributed by atoms with Crippen LogP contribution < -0.4 is 53.8 Å². The van der Waals surface area contributed by atoms with Crippen molar-refractivity contribution in [2.45, 2.75) is 215 Å². The number of aliphatic imine (C=N–C) groups is 1. The third-order valence-corrected chi connectivity index (χ3v) is 17.7. The Bertz CT molecular complexity index is 2630. The number of esters is 1. The summed E-state index contributed by atoms with van der Waals surface area (Å²) >= 11 is 0. The zero-order chi connectivity index (χ0) is 68.8. The molecular formula is C65H106N10O16. The van der Waals surface area contributed by atoms with Crippen LogP contribution in [0.5, 0.6) is 5.75 Å². The van der Waals surface area contributed by atoms with Crippen LogP contribution in [0.3, 0.4) is 0 Å². The van der Waals surface area contributed by atoms with Crippen molar-refractivity contribution in [1.82, 2.24) is 31.9 Å². The molecule has 0 bridgehead atoms. The molecule has 0 aromatic heterocycles. The number of hydrogen-bond donors (Lipinski definition) is 11. The average Bonchev–Trinajstić information content (AvgIpc) is 3.58. The molecule has 0 unspecified atom stereocenters. The third kappa shape index (κ3) is 26.1. The number of nitrogens with zero attached hydrogens (tertiary/aromatic N) is 1. The third-order valence-electron chi connectivity index (χ3n) is 17.7. The number of amides is 7. The normalized spacial score (nSPS) is 20.9. The lowest BCUT2D eigenvalue weighted by Crippen LogP contribution is -2.55. The Kier molecular flexibility index (Phi) is 35.5. The van der Waals surface area contributed by atoms with Gasteiger partial charge in [0, 0.05) is 56.4 Å². The van der Waals surface area contributed by atoms with Gasteiger partial charge in [-0.1, -0.05) is 107 Å². The number of hydrogen-bond acceptors (Lipinski definition) is 17. The number of methoxy groups -OCH3 is 1. The first-order valence-corrected chi connectivity index (χ1v) is 32.3. The van der Waals surface area contributed by atoms with E-state index in [1.807, 2.05) is 26.0 Å². The Labute approximate surface area is 536 Å². The molecule has 0 saturated carbocycles. The molecule has 2 rings (SSSR count). The number of ketones is 4. The maximum Gasteiger partial charge on any atom is 0.329 e. The second-order valence-corrected chi connectivity index (χ2v) is 24.7. The van der Waals surface area contributed by atoms with Gasteiger partial charge in [-0.3, -0.25) is 57.7 Å². The Morgan fingerprint density at radius 1 is 0.670 bits per heavy atom. The van der Waals surface area contributed by atoms with Crippen molar-refractivity contribution in [1.29, 1.82) is 0 Å². The van der Waals surface area contributed by atoms with Gasteiger partial charge >= 0.3 is 5.97 Å². The van der Waals surface area contributed by atoms with Crippen LogP contribution in [0.15, 0.2) is 29.3 Å². The maximum atomic E-state index is 14.5. The molecule has 26 heteroatoms. The van der Waals surface area contributed by atoms with Gasteiger partial charge in [-0.2, -0.15) is 0 Å². The predicted molar refractivity (Wildman–Crippen MR) is 341 cm³/mol. The van der Waals surface area contributed by atoms with Crippen molar-refractivity contribution in [3.05, 3.63) is 29.8 Å². The van der Waals surface area contributed by atoms with E-state index in [9.17, 15) is 67.7 Å². The highest BCUT2D eigenvalue weighted by Crippen LogP contribution is 2.26. The van der Waals surface area contributed by atoms with E-state index < -0.39 is 193 Å². The molecule has 0 radical (unpaired) electrons. The first-order valence-electron chi connectivity index (χ1n) is 32.3. The van der Waals surface area contributed by atoms with E-state index in [2.05, 4.69) is 36.9 Å². The summed E-state index contributed by atoms with van der Waals surface area (Å²) in [5, 5.41) is 37.4. The summed E-state index contributed by atoms with van der Waals surface area (Å²) in [7, 11) is 1.55. The summed E-state index contributed by atoms with van der Waals surface area (Å²) in [5.74, 6) is -15.8. The van der Waals surface area contributed by atoms with Crippen LogP contribution in [0.25, 0.3) is 0 Å². The van der Waals surface area contributed by atoms with Crippen molar-refractivity contribution in [3.63, 3.8) is 0 Å². The van der Waals surface area contributed by atoms with Crippen molar-refractivity contribution < 1.29 is 77.2 Å². The fourth-order valence-corrected chi connectivity index (χ4v) is 10.6. The minimum atomic E-state index is -1.61. The second kappa shape index (κ2) is 40.5. The van der Waals surface area contributed by atoms with Gasteiger partial charge in [0.2, 0.25) is 41.4 Å². The number of primary amides is 1. The predicted octanol–water partition coefficient (Wildman–Crippen LogP) is 2.32. The zero-order valence-electron chi connectivity index (χ0n) is 55.6. The summed E-state index contributed by atoms with van der Waals surface area (Å²) in [4.78, 5) is 171. The molecule has 1 fully saturated rings. The molecule has 16 atom stereocenters. The molecule has 0 aliphatic carbocycles. The van der Waals surface area contributed by atoms with Gasteiger partial charge in [0.15, 0.2) is 29.1 Å². The lowest BCUT2D eigenvalue weighted by Gasteiger charge is -2.30. The summed E-state index contributed by atoms with van der Waals surface area (Å²) in [6.45, 7) is 17.2. The van der Waals surface area contributed by atoms with Gasteiger partial charge in [-0.15, -0.1) is 0 Å². The first kappa shape index (κ1) is 79.7. The van der Waals surface area contributed by atoms with Gasteiger partial charge in [-0.25, -0.2) is 4.79 Å². The zero-order valence-corrected chi connectivity index (χ0v) is 55.6. The van der Waals surface area contributed by atoms with Crippen molar-refractivity contribution in [3.8, 4) is 5.75 Å². The first-order chi connectivity index (χ1) is 42.9. The molecule has 1 saturated heterocycles. The Balaban J connectivity index is 2.40. The largest absolute Gasteiger partial charge is 0.497 e. The molecule has 1 aliphatic heterocycles. The number of Topliss-reactive ketones (excluding diaryl/α,β-unsaturated/α-hetero) is 4. The highest BCUT2D eigenvalue weighted by Gasteiger charge is 2.41. The molecule has 91 heavy (non-hydrogen) atoms. The number of unbranched alkanes of at least 4 members (excludes halogenated alkanes) is 1. The highest BCUT2D eigenvalue weighted by molar-refractivity contribution is 5.99. The fourth-order valence-electron chi connectivity index (χ4n) is 10.6.